The molecule has 0 radical (unpaired) electrons. The van der Waals surface area contributed by atoms with Crippen LogP contribution in [0.25, 0.3) is 11.0 Å². The van der Waals surface area contributed by atoms with Crippen molar-refractivity contribution in [3.8, 4) is 0 Å². The van der Waals surface area contributed by atoms with Gasteiger partial charge in [0.05, 0.1) is 22.8 Å². The first-order valence-corrected chi connectivity index (χ1v) is 11.0. The fourth-order valence-electron chi connectivity index (χ4n) is 4.58. The van der Waals surface area contributed by atoms with Gasteiger partial charge in [-0.15, -0.1) is 0 Å². The number of carbonyl (C=O) groups is 2. The number of aromatic nitrogens is 2. The lowest BCUT2D eigenvalue weighted by atomic mass is 9.90. The molecule has 1 aliphatic heterocycles. The Labute approximate surface area is 192 Å². The van der Waals surface area contributed by atoms with Gasteiger partial charge >= 0.3 is 6.09 Å². The first-order valence-electron chi connectivity index (χ1n) is 10.6. The highest BCUT2D eigenvalue weighted by molar-refractivity contribution is 6.30. The number of carbonyl (C=O) groups excluding carboxylic acids is 1. The molecule has 32 heavy (non-hydrogen) atoms. The molecule has 1 aromatic heterocycles. The topological polar surface area (TPSA) is 87.5 Å². The number of halogens is 1. The number of carboxylic acid groups (broad SMARTS) is 1. The van der Waals surface area contributed by atoms with Gasteiger partial charge in [0.15, 0.2) is 0 Å². The van der Waals surface area contributed by atoms with Crippen LogP contribution in [0, 0.1) is 0 Å². The summed E-state index contributed by atoms with van der Waals surface area (Å²) in [6, 6.07) is 10.8. The van der Waals surface area contributed by atoms with Crippen molar-refractivity contribution in [1.82, 2.24) is 9.55 Å². The molecule has 7 nitrogen and oxygen atoms in total. The van der Waals surface area contributed by atoms with Gasteiger partial charge in [-0.3, -0.25) is 4.79 Å². The van der Waals surface area contributed by atoms with Crippen LogP contribution in [0.1, 0.15) is 58.5 Å². The molecule has 0 spiro atoms. The summed E-state index contributed by atoms with van der Waals surface area (Å²) in [6.07, 6.45) is -0.478. The highest BCUT2D eigenvalue weighted by Gasteiger charge is 2.37. The van der Waals surface area contributed by atoms with E-state index < -0.39 is 11.5 Å². The lowest BCUT2D eigenvalue weighted by Gasteiger charge is -2.40. The van der Waals surface area contributed by atoms with E-state index in [-0.39, 0.29) is 18.0 Å². The van der Waals surface area contributed by atoms with Crippen LogP contribution in [-0.4, -0.2) is 32.7 Å². The minimum atomic E-state index is -1.09. The van der Waals surface area contributed by atoms with E-state index in [0.29, 0.717) is 34.0 Å². The normalized spacial score (nSPS) is 18.5. The highest BCUT2D eigenvalue weighted by Crippen LogP contribution is 2.44. The quantitative estimate of drug-likeness (QED) is 0.510. The Kier molecular flexibility index (Phi) is 5.41. The van der Waals surface area contributed by atoms with Crippen molar-refractivity contribution in [2.75, 3.05) is 10.2 Å². The van der Waals surface area contributed by atoms with Crippen LogP contribution in [-0.2, 0) is 10.2 Å². The Balaban J connectivity index is 2.01. The molecule has 0 bridgehead atoms. The summed E-state index contributed by atoms with van der Waals surface area (Å²) in [5.74, 6) is 0.382. The van der Waals surface area contributed by atoms with Crippen LogP contribution in [0.3, 0.4) is 0 Å². The van der Waals surface area contributed by atoms with Crippen molar-refractivity contribution in [2.24, 2.45) is 0 Å². The second-order valence-electron chi connectivity index (χ2n) is 9.35. The number of imidazole rings is 1. The van der Waals surface area contributed by atoms with E-state index in [2.05, 4.69) is 10.3 Å². The smallest absolute Gasteiger partial charge is 0.417 e. The molecule has 168 valence electrons. The van der Waals surface area contributed by atoms with E-state index in [1.165, 1.54) is 11.5 Å². The summed E-state index contributed by atoms with van der Waals surface area (Å²) >= 11 is 6.04. The second-order valence-corrected chi connectivity index (χ2v) is 9.78. The molecule has 2 aromatic carbocycles. The van der Waals surface area contributed by atoms with Crippen LogP contribution in [0.15, 0.2) is 36.4 Å². The predicted octanol–water partition coefficient (Wildman–Crippen LogP) is 5.81. The minimum absolute atomic E-state index is 0.0643. The molecule has 2 atom stereocenters. The van der Waals surface area contributed by atoms with E-state index in [9.17, 15) is 14.7 Å². The molecule has 0 fully saturated rings. The van der Waals surface area contributed by atoms with Gasteiger partial charge in [-0.1, -0.05) is 32.4 Å². The van der Waals surface area contributed by atoms with Crippen molar-refractivity contribution >= 4 is 46.0 Å². The number of fused-ring (bicyclic) bond motifs is 3. The summed E-state index contributed by atoms with van der Waals surface area (Å²) in [6.45, 7) is 9.35. The molecule has 3 aromatic rings. The lowest BCUT2D eigenvalue weighted by molar-refractivity contribution is -0.117. The number of nitrogens with one attached hydrogen (secondary N) is 1. The maximum atomic E-state index is 12.5. The first kappa shape index (κ1) is 22.1. The Hall–Kier alpha value is -3.06. The Bertz CT molecular complexity index is 1210. The average Bonchev–Trinajstić information content (AvgIpc) is 3.09. The van der Waals surface area contributed by atoms with Crippen LogP contribution in [0.2, 0.25) is 5.02 Å². The Morgan fingerprint density at radius 2 is 1.81 bits per heavy atom. The third-order valence-corrected chi connectivity index (χ3v) is 6.10. The van der Waals surface area contributed by atoms with Gasteiger partial charge in [-0.25, -0.2) is 14.3 Å². The molecule has 0 aliphatic carbocycles. The molecular weight excluding hydrogens is 428 g/mol. The van der Waals surface area contributed by atoms with Crippen LogP contribution in [0.4, 0.5) is 16.2 Å². The van der Waals surface area contributed by atoms with Crippen LogP contribution >= 0.6 is 11.6 Å². The molecule has 0 unspecified atom stereocenters. The SMILES string of the molecule is CC(=O)N1c2ccc3nc(C(C)(C)C)n(C(=O)O)c3c2[C@H](Nc2ccc(Cl)cc2)C[C@@H]1C. The summed E-state index contributed by atoms with van der Waals surface area (Å²) in [5, 5.41) is 14.3. The number of hydrogen-bond acceptors (Lipinski definition) is 4. The summed E-state index contributed by atoms with van der Waals surface area (Å²) in [5.41, 5.74) is 2.96. The highest BCUT2D eigenvalue weighted by atomic mass is 35.5. The number of nitrogens with zero attached hydrogens (tertiary/aromatic N) is 3. The molecule has 2 N–H and O–H groups in total. The van der Waals surface area contributed by atoms with Crippen LogP contribution < -0.4 is 10.2 Å². The van der Waals surface area contributed by atoms with Gasteiger partial charge in [0.2, 0.25) is 5.91 Å². The summed E-state index contributed by atoms with van der Waals surface area (Å²) < 4.78 is 1.28. The summed E-state index contributed by atoms with van der Waals surface area (Å²) in [4.78, 5) is 31.4. The minimum Gasteiger partial charge on any atom is -0.464 e. The molecule has 1 amide bonds. The van der Waals surface area contributed by atoms with Crippen molar-refractivity contribution in [1.29, 1.82) is 0 Å². The van der Waals surface area contributed by atoms with Gasteiger partial charge < -0.3 is 15.3 Å². The van der Waals surface area contributed by atoms with Gasteiger partial charge in [0.25, 0.3) is 0 Å². The van der Waals surface area contributed by atoms with E-state index in [1.807, 2.05) is 45.9 Å². The van der Waals surface area contributed by atoms with E-state index in [1.54, 1.807) is 23.1 Å². The third-order valence-electron chi connectivity index (χ3n) is 5.85. The number of hydrogen-bond donors (Lipinski definition) is 2. The van der Waals surface area contributed by atoms with E-state index in [0.717, 1.165) is 11.3 Å². The lowest BCUT2D eigenvalue weighted by Crippen LogP contribution is -2.43. The largest absolute Gasteiger partial charge is 0.464 e. The average molecular weight is 455 g/mol. The molecule has 0 saturated heterocycles. The maximum absolute atomic E-state index is 12.5. The molecule has 2 heterocycles. The molecule has 0 saturated carbocycles. The van der Waals surface area contributed by atoms with Gasteiger partial charge in [-0.2, -0.15) is 0 Å². The van der Waals surface area contributed by atoms with E-state index in [4.69, 9.17) is 11.6 Å². The number of anilines is 2. The van der Waals surface area contributed by atoms with Crippen molar-refractivity contribution in [3.63, 3.8) is 0 Å². The predicted molar refractivity (Wildman–Crippen MR) is 127 cm³/mol. The van der Waals surface area contributed by atoms with Gasteiger partial charge in [0.1, 0.15) is 5.82 Å². The Morgan fingerprint density at radius 3 is 2.38 bits per heavy atom. The van der Waals surface area contributed by atoms with Crippen molar-refractivity contribution in [3.05, 3.63) is 52.8 Å². The Morgan fingerprint density at radius 1 is 1.16 bits per heavy atom. The fraction of sp³-hybridized carbons (Fsp3) is 0.375. The molecule has 1 aliphatic rings. The maximum Gasteiger partial charge on any atom is 0.417 e. The molecular formula is C24H27ClN4O3. The second kappa shape index (κ2) is 7.81. The number of amides is 1. The zero-order valence-corrected chi connectivity index (χ0v) is 19.6. The van der Waals surface area contributed by atoms with Gasteiger partial charge in [0, 0.05) is 34.7 Å². The molecule has 4 rings (SSSR count). The standard InChI is InChI=1S/C24H27ClN4O3/c1-13-12-18(26-16-8-6-15(25)7-9-16)20-19(28(13)14(2)30)11-10-17-21(20)29(23(31)32)22(27-17)24(3,4)5/h6-11,13,18,26H,12H2,1-5H3,(H,31,32)/t13-,18+/m0/s1. The summed E-state index contributed by atoms with van der Waals surface area (Å²) in [7, 11) is 0. The molecule has 8 heteroatoms. The first-order chi connectivity index (χ1) is 15.0. The number of rotatable bonds is 2. The zero-order valence-electron chi connectivity index (χ0n) is 18.8. The van der Waals surface area contributed by atoms with Crippen molar-refractivity contribution < 1.29 is 14.7 Å². The number of benzene rings is 2. The van der Waals surface area contributed by atoms with Crippen molar-refractivity contribution in [2.45, 2.75) is 58.5 Å². The van der Waals surface area contributed by atoms with Crippen LogP contribution in [0.5, 0.6) is 0 Å². The zero-order chi connectivity index (χ0) is 23.4. The third kappa shape index (κ3) is 3.71. The fourth-order valence-corrected chi connectivity index (χ4v) is 4.71. The monoisotopic (exact) mass is 454 g/mol. The van der Waals surface area contributed by atoms with Gasteiger partial charge in [-0.05, 0) is 49.7 Å². The van der Waals surface area contributed by atoms with E-state index >= 15 is 0 Å².